The zero-order chi connectivity index (χ0) is 17.8. The Balaban J connectivity index is 1.67. The number of carbonyl (C=O) groups excluding carboxylic acids is 2. The topological polar surface area (TPSA) is 69.6 Å². The Morgan fingerprint density at radius 2 is 1.92 bits per heavy atom. The van der Waals surface area contributed by atoms with E-state index in [0.717, 1.165) is 12.1 Å². The standard InChI is InChI=1S/C19H19FN2O3/c20-15-8-9-17(23)16(11-15)21-18(24)14-7-4-10-22(12-14)19(25)13-5-2-1-3-6-13/h1-3,5-6,8-9,11,14,23H,4,7,10,12H2,(H,21,24). The molecule has 1 saturated heterocycles. The predicted molar refractivity (Wildman–Crippen MR) is 91.8 cm³/mol. The number of phenolic OH excluding ortho intramolecular Hbond substituents is 1. The molecule has 0 aromatic heterocycles. The third kappa shape index (κ3) is 3.96. The number of piperidine rings is 1. The van der Waals surface area contributed by atoms with Crippen LogP contribution in [0.3, 0.4) is 0 Å². The zero-order valence-electron chi connectivity index (χ0n) is 13.6. The van der Waals surface area contributed by atoms with Crippen molar-refractivity contribution in [2.45, 2.75) is 12.8 Å². The van der Waals surface area contributed by atoms with Gasteiger partial charge in [-0.15, -0.1) is 0 Å². The highest BCUT2D eigenvalue weighted by Crippen LogP contribution is 2.26. The Kier molecular flexibility index (Phi) is 4.97. The number of rotatable bonds is 3. The number of nitrogens with zero attached hydrogens (tertiary/aromatic N) is 1. The van der Waals surface area contributed by atoms with Gasteiger partial charge in [0.2, 0.25) is 5.91 Å². The van der Waals surface area contributed by atoms with Crippen molar-refractivity contribution in [1.29, 1.82) is 0 Å². The molecule has 1 fully saturated rings. The van der Waals surface area contributed by atoms with E-state index in [4.69, 9.17) is 0 Å². The van der Waals surface area contributed by atoms with Gasteiger partial charge in [0, 0.05) is 24.7 Å². The summed E-state index contributed by atoms with van der Waals surface area (Å²) in [5.74, 6) is -1.57. The van der Waals surface area contributed by atoms with Gasteiger partial charge in [-0.2, -0.15) is 0 Å². The summed E-state index contributed by atoms with van der Waals surface area (Å²) in [6.07, 6.45) is 1.35. The zero-order valence-corrected chi connectivity index (χ0v) is 13.6. The number of hydrogen-bond acceptors (Lipinski definition) is 3. The van der Waals surface area contributed by atoms with Crippen LogP contribution in [0.25, 0.3) is 0 Å². The number of carbonyl (C=O) groups is 2. The number of amides is 2. The van der Waals surface area contributed by atoms with Crippen LogP contribution in [0.1, 0.15) is 23.2 Å². The normalized spacial score (nSPS) is 17.2. The molecule has 2 N–H and O–H groups in total. The Hall–Kier alpha value is -2.89. The van der Waals surface area contributed by atoms with Crippen LogP contribution < -0.4 is 5.32 Å². The van der Waals surface area contributed by atoms with Gasteiger partial charge in [0.05, 0.1) is 11.6 Å². The van der Waals surface area contributed by atoms with Gasteiger partial charge < -0.3 is 15.3 Å². The molecular weight excluding hydrogens is 323 g/mol. The smallest absolute Gasteiger partial charge is 0.253 e. The molecule has 2 aromatic carbocycles. The van der Waals surface area contributed by atoms with Crippen LogP contribution in [0.4, 0.5) is 10.1 Å². The summed E-state index contributed by atoms with van der Waals surface area (Å²) in [5.41, 5.74) is 0.628. The minimum absolute atomic E-state index is 0.0384. The lowest BCUT2D eigenvalue weighted by molar-refractivity contribution is -0.121. The molecule has 2 aromatic rings. The lowest BCUT2D eigenvalue weighted by Gasteiger charge is -2.32. The van der Waals surface area contributed by atoms with Crippen LogP contribution in [0, 0.1) is 11.7 Å². The molecule has 0 aliphatic carbocycles. The summed E-state index contributed by atoms with van der Waals surface area (Å²) < 4.78 is 13.3. The summed E-state index contributed by atoms with van der Waals surface area (Å²) in [7, 11) is 0. The van der Waals surface area contributed by atoms with Crippen molar-refractivity contribution in [2.75, 3.05) is 18.4 Å². The van der Waals surface area contributed by atoms with Gasteiger partial charge in [0.15, 0.2) is 0 Å². The molecule has 130 valence electrons. The molecule has 2 amide bonds. The van der Waals surface area contributed by atoms with Crippen molar-refractivity contribution in [3.63, 3.8) is 0 Å². The monoisotopic (exact) mass is 342 g/mol. The maximum atomic E-state index is 13.3. The van der Waals surface area contributed by atoms with E-state index in [1.54, 1.807) is 29.2 Å². The average molecular weight is 342 g/mol. The fourth-order valence-corrected chi connectivity index (χ4v) is 2.98. The van der Waals surface area contributed by atoms with Crippen molar-refractivity contribution in [1.82, 2.24) is 4.90 Å². The summed E-state index contributed by atoms with van der Waals surface area (Å²) in [5, 5.41) is 12.3. The van der Waals surface area contributed by atoms with Crippen LogP contribution in [0.15, 0.2) is 48.5 Å². The number of likely N-dealkylation sites (tertiary alicyclic amines) is 1. The molecule has 0 radical (unpaired) electrons. The van der Waals surface area contributed by atoms with Gasteiger partial charge in [0.25, 0.3) is 5.91 Å². The maximum absolute atomic E-state index is 13.3. The third-order valence-electron chi connectivity index (χ3n) is 4.32. The van der Waals surface area contributed by atoms with E-state index in [2.05, 4.69) is 5.32 Å². The third-order valence-corrected chi connectivity index (χ3v) is 4.32. The second-order valence-corrected chi connectivity index (χ2v) is 6.11. The second-order valence-electron chi connectivity index (χ2n) is 6.11. The van der Waals surface area contributed by atoms with Crippen molar-refractivity contribution in [3.05, 3.63) is 59.9 Å². The second kappa shape index (κ2) is 7.34. The Morgan fingerprint density at radius 1 is 1.16 bits per heavy atom. The van der Waals surface area contributed by atoms with Gasteiger partial charge in [-0.3, -0.25) is 9.59 Å². The summed E-state index contributed by atoms with van der Waals surface area (Å²) in [6.45, 7) is 0.901. The molecule has 1 aliphatic rings. The molecule has 0 saturated carbocycles. The predicted octanol–water partition coefficient (Wildman–Crippen LogP) is 3.02. The first-order chi connectivity index (χ1) is 12.0. The van der Waals surface area contributed by atoms with Crippen molar-refractivity contribution < 1.29 is 19.1 Å². The van der Waals surface area contributed by atoms with Gasteiger partial charge in [0.1, 0.15) is 11.6 Å². The molecule has 1 aliphatic heterocycles. The highest BCUT2D eigenvalue weighted by molar-refractivity contribution is 5.96. The van der Waals surface area contributed by atoms with Gasteiger partial charge >= 0.3 is 0 Å². The van der Waals surface area contributed by atoms with Gasteiger partial charge in [-0.05, 0) is 37.1 Å². The molecule has 0 bridgehead atoms. The lowest BCUT2D eigenvalue weighted by atomic mass is 9.96. The number of aromatic hydroxyl groups is 1. The van der Waals surface area contributed by atoms with E-state index in [0.29, 0.717) is 31.5 Å². The van der Waals surface area contributed by atoms with Crippen LogP contribution in [0.2, 0.25) is 0 Å². The van der Waals surface area contributed by atoms with E-state index in [1.165, 1.54) is 6.07 Å². The average Bonchev–Trinajstić information content (AvgIpc) is 2.65. The molecule has 3 rings (SSSR count). The summed E-state index contributed by atoms with van der Waals surface area (Å²) in [4.78, 5) is 26.6. The maximum Gasteiger partial charge on any atom is 0.253 e. The van der Waals surface area contributed by atoms with E-state index in [1.807, 2.05) is 6.07 Å². The number of nitrogens with one attached hydrogen (secondary N) is 1. The van der Waals surface area contributed by atoms with Crippen LogP contribution in [-0.2, 0) is 4.79 Å². The van der Waals surface area contributed by atoms with Crippen LogP contribution in [-0.4, -0.2) is 34.9 Å². The first-order valence-corrected chi connectivity index (χ1v) is 8.18. The number of hydrogen-bond donors (Lipinski definition) is 2. The largest absolute Gasteiger partial charge is 0.506 e. The van der Waals surface area contributed by atoms with E-state index < -0.39 is 11.7 Å². The van der Waals surface area contributed by atoms with E-state index in [-0.39, 0.29) is 23.3 Å². The molecular formula is C19H19FN2O3. The molecule has 0 spiro atoms. The highest BCUT2D eigenvalue weighted by atomic mass is 19.1. The molecule has 6 heteroatoms. The fraction of sp³-hybridized carbons (Fsp3) is 0.263. The number of benzene rings is 2. The molecule has 1 unspecified atom stereocenters. The van der Waals surface area contributed by atoms with E-state index in [9.17, 15) is 19.1 Å². The van der Waals surface area contributed by atoms with Crippen LogP contribution in [0.5, 0.6) is 5.75 Å². The quantitative estimate of drug-likeness (QED) is 0.843. The molecule has 25 heavy (non-hydrogen) atoms. The molecule has 5 nitrogen and oxygen atoms in total. The number of phenols is 1. The SMILES string of the molecule is O=C(Nc1cc(F)ccc1O)C1CCCN(C(=O)c2ccccc2)C1. The number of anilines is 1. The summed E-state index contributed by atoms with van der Waals surface area (Å²) in [6, 6.07) is 12.3. The van der Waals surface area contributed by atoms with Crippen molar-refractivity contribution in [3.8, 4) is 5.75 Å². The van der Waals surface area contributed by atoms with Gasteiger partial charge in [-0.25, -0.2) is 4.39 Å². The molecule has 1 atom stereocenters. The Bertz CT molecular complexity index is 779. The lowest BCUT2D eigenvalue weighted by Crippen LogP contribution is -2.43. The first kappa shape index (κ1) is 17.0. The first-order valence-electron chi connectivity index (χ1n) is 8.18. The Labute approximate surface area is 145 Å². The highest BCUT2D eigenvalue weighted by Gasteiger charge is 2.29. The Morgan fingerprint density at radius 3 is 2.68 bits per heavy atom. The van der Waals surface area contributed by atoms with Crippen molar-refractivity contribution >= 4 is 17.5 Å². The van der Waals surface area contributed by atoms with E-state index >= 15 is 0 Å². The molecule has 1 heterocycles. The van der Waals surface area contributed by atoms with Gasteiger partial charge in [-0.1, -0.05) is 18.2 Å². The minimum atomic E-state index is -0.544. The number of halogens is 1. The van der Waals surface area contributed by atoms with Crippen LogP contribution >= 0.6 is 0 Å². The fourth-order valence-electron chi connectivity index (χ4n) is 2.98. The summed E-state index contributed by atoms with van der Waals surface area (Å²) >= 11 is 0. The minimum Gasteiger partial charge on any atom is -0.506 e. The van der Waals surface area contributed by atoms with Crippen molar-refractivity contribution in [2.24, 2.45) is 5.92 Å².